The monoisotopic (exact) mass is 281 g/mol. The maximum absolute atomic E-state index is 12.8. The Bertz CT molecular complexity index is 395. The lowest BCUT2D eigenvalue weighted by atomic mass is 9.87. The molecule has 0 spiro atoms. The Balaban J connectivity index is 1.73. The van der Waals surface area contributed by atoms with Crippen LogP contribution in [-0.4, -0.2) is 47.2 Å². The molecule has 0 aromatic carbocycles. The molecule has 2 unspecified atom stereocenters. The first-order chi connectivity index (χ1) is 9.68. The van der Waals surface area contributed by atoms with Gasteiger partial charge < -0.3 is 14.7 Å². The summed E-state index contributed by atoms with van der Waals surface area (Å²) < 4.78 is 5.79. The molecule has 112 valence electrons. The van der Waals surface area contributed by atoms with Gasteiger partial charge in [0, 0.05) is 6.54 Å². The van der Waals surface area contributed by atoms with Gasteiger partial charge in [0.15, 0.2) is 0 Å². The normalized spacial score (nSPS) is 37.5. The van der Waals surface area contributed by atoms with Crippen molar-refractivity contribution in [3.8, 4) is 0 Å². The Morgan fingerprint density at radius 1 is 1.00 bits per heavy atom. The Hall–Kier alpha value is -1.10. The predicted molar refractivity (Wildman–Crippen MR) is 72.2 cm³/mol. The van der Waals surface area contributed by atoms with Gasteiger partial charge >= 0.3 is 5.97 Å². The van der Waals surface area contributed by atoms with Gasteiger partial charge in [-0.15, -0.1) is 0 Å². The van der Waals surface area contributed by atoms with Gasteiger partial charge in [0.2, 0.25) is 5.91 Å². The zero-order valence-electron chi connectivity index (χ0n) is 11.8. The van der Waals surface area contributed by atoms with Crippen LogP contribution in [0.25, 0.3) is 0 Å². The number of aliphatic carboxylic acids is 1. The number of carbonyl (C=O) groups is 2. The SMILES string of the molecule is O=C(O)[C@H]1CCC[C@H]1C(=O)N1CCOC2CCCCC21. The fourth-order valence-corrected chi connectivity index (χ4v) is 4.13. The van der Waals surface area contributed by atoms with Crippen molar-refractivity contribution in [2.45, 2.75) is 57.1 Å². The van der Waals surface area contributed by atoms with E-state index in [0.29, 0.717) is 19.6 Å². The fourth-order valence-electron chi connectivity index (χ4n) is 4.13. The molecule has 20 heavy (non-hydrogen) atoms. The second kappa shape index (κ2) is 5.72. The number of ether oxygens (including phenoxy) is 1. The van der Waals surface area contributed by atoms with Crippen LogP contribution in [-0.2, 0) is 14.3 Å². The summed E-state index contributed by atoms with van der Waals surface area (Å²) in [5, 5.41) is 9.27. The number of carboxylic acid groups (broad SMARTS) is 1. The number of amides is 1. The summed E-state index contributed by atoms with van der Waals surface area (Å²) in [6.45, 7) is 1.22. The molecule has 5 heteroatoms. The summed E-state index contributed by atoms with van der Waals surface area (Å²) >= 11 is 0. The van der Waals surface area contributed by atoms with Crippen LogP contribution in [0.2, 0.25) is 0 Å². The van der Waals surface area contributed by atoms with Crippen molar-refractivity contribution in [2.24, 2.45) is 11.8 Å². The third-order valence-corrected chi connectivity index (χ3v) is 5.17. The summed E-state index contributed by atoms with van der Waals surface area (Å²) in [4.78, 5) is 26.0. The molecular weight excluding hydrogens is 258 g/mol. The minimum absolute atomic E-state index is 0.0649. The first-order valence-corrected chi connectivity index (χ1v) is 7.83. The standard InChI is InChI=1S/C15H23NO4/c17-14(10-4-3-5-11(10)15(18)19)16-8-9-20-13-7-2-1-6-12(13)16/h10-13H,1-9H2,(H,18,19)/t10-,11+,12?,13?/m1/s1. The molecule has 1 heterocycles. The smallest absolute Gasteiger partial charge is 0.307 e. The molecule has 0 bridgehead atoms. The van der Waals surface area contributed by atoms with Gasteiger partial charge in [-0.1, -0.05) is 19.3 Å². The summed E-state index contributed by atoms with van der Waals surface area (Å²) in [7, 11) is 0. The number of carbonyl (C=O) groups excluding carboxylic acids is 1. The first kappa shape index (κ1) is 13.9. The number of carboxylic acids is 1. The van der Waals surface area contributed by atoms with Crippen LogP contribution in [0.15, 0.2) is 0 Å². The van der Waals surface area contributed by atoms with E-state index in [0.717, 1.165) is 32.1 Å². The Kier molecular flexibility index (Phi) is 3.96. The van der Waals surface area contributed by atoms with Crippen molar-refractivity contribution in [3.63, 3.8) is 0 Å². The van der Waals surface area contributed by atoms with Gasteiger partial charge in [0.1, 0.15) is 0 Å². The minimum atomic E-state index is -0.811. The molecule has 5 nitrogen and oxygen atoms in total. The van der Waals surface area contributed by atoms with Crippen LogP contribution >= 0.6 is 0 Å². The zero-order valence-corrected chi connectivity index (χ0v) is 11.8. The zero-order chi connectivity index (χ0) is 14.1. The molecule has 4 atom stereocenters. The second-order valence-electron chi connectivity index (χ2n) is 6.27. The van der Waals surface area contributed by atoms with Crippen LogP contribution in [0.1, 0.15) is 44.9 Å². The van der Waals surface area contributed by atoms with E-state index in [1.807, 2.05) is 4.90 Å². The topological polar surface area (TPSA) is 66.8 Å². The molecule has 1 aliphatic heterocycles. The number of fused-ring (bicyclic) bond motifs is 1. The van der Waals surface area contributed by atoms with Crippen molar-refractivity contribution in [1.82, 2.24) is 4.90 Å². The van der Waals surface area contributed by atoms with Crippen LogP contribution in [0.3, 0.4) is 0 Å². The summed E-state index contributed by atoms with van der Waals surface area (Å²) in [5.74, 6) is -1.54. The molecule has 2 aliphatic carbocycles. The van der Waals surface area contributed by atoms with Gasteiger partial charge in [0.05, 0.1) is 30.6 Å². The molecule has 1 amide bonds. The van der Waals surface area contributed by atoms with Gasteiger partial charge in [-0.25, -0.2) is 0 Å². The van der Waals surface area contributed by atoms with Crippen molar-refractivity contribution < 1.29 is 19.4 Å². The number of rotatable bonds is 2. The Morgan fingerprint density at radius 2 is 1.75 bits per heavy atom. The number of nitrogens with zero attached hydrogens (tertiary/aromatic N) is 1. The van der Waals surface area contributed by atoms with Crippen molar-refractivity contribution in [2.75, 3.05) is 13.2 Å². The van der Waals surface area contributed by atoms with Crippen LogP contribution in [0, 0.1) is 11.8 Å². The second-order valence-corrected chi connectivity index (χ2v) is 6.27. The van der Waals surface area contributed by atoms with Crippen molar-refractivity contribution in [3.05, 3.63) is 0 Å². The van der Waals surface area contributed by atoms with E-state index in [1.54, 1.807) is 0 Å². The molecular formula is C15H23NO4. The van der Waals surface area contributed by atoms with Gasteiger partial charge in [-0.2, -0.15) is 0 Å². The van der Waals surface area contributed by atoms with E-state index in [9.17, 15) is 14.7 Å². The molecule has 1 saturated heterocycles. The average Bonchev–Trinajstić information content (AvgIpc) is 2.95. The van der Waals surface area contributed by atoms with Crippen LogP contribution in [0.4, 0.5) is 0 Å². The average molecular weight is 281 g/mol. The lowest BCUT2D eigenvalue weighted by Crippen LogP contribution is -2.56. The number of hydrogen-bond acceptors (Lipinski definition) is 3. The van der Waals surface area contributed by atoms with E-state index in [4.69, 9.17) is 4.74 Å². The molecule has 0 aromatic rings. The molecule has 0 radical (unpaired) electrons. The predicted octanol–water partition coefficient (Wildman–Crippen LogP) is 1.66. The molecule has 2 saturated carbocycles. The molecule has 3 rings (SSSR count). The maximum atomic E-state index is 12.8. The van der Waals surface area contributed by atoms with Gasteiger partial charge in [0.25, 0.3) is 0 Å². The summed E-state index contributed by atoms with van der Waals surface area (Å²) in [6, 6.07) is 0.181. The van der Waals surface area contributed by atoms with E-state index in [2.05, 4.69) is 0 Å². The third-order valence-electron chi connectivity index (χ3n) is 5.17. The highest BCUT2D eigenvalue weighted by Crippen LogP contribution is 2.36. The Labute approximate surface area is 119 Å². The van der Waals surface area contributed by atoms with Crippen LogP contribution in [0.5, 0.6) is 0 Å². The summed E-state index contributed by atoms with van der Waals surface area (Å²) in [5.41, 5.74) is 0. The quantitative estimate of drug-likeness (QED) is 0.836. The maximum Gasteiger partial charge on any atom is 0.307 e. The molecule has 0 aromatic heterocycles. The Morgan fingerprint density at radius 3 is 2.55 bits per heavy atom. The lowest BCUT2D eigenvalue weighted by molar-refractivity contribution is -0.159. The van der Waals surface area contributed by atoms with Crippen LogP contribution < -0.4 is 0 Å². The fraction of sp³-hybridized carbons (Fsp3) is 0.867. The highest BCUT2D eigenvalue weighted by molar-refractivity contribution is 5.85. The van der Waals surface area contributed by atoms with Gasteiger partial charge in [-0.3, -0.25) is 9.59 Å². The molecule has 1 N–H and O–H groups in total. The highest BCUT2D eigenvalue weighted by Gasteiger charge is 2.44. The van der Waals surface area contributed by atoms with E-state index >= 15 is 0 Å². The number of hydrogen-bond donors (Lipinski definition) is 1. The largest absolute Gasteiger partial charge is 0.481 e. The summed E-state index contributed by atoms with van der Waals surface area (Å²) in [6.07, 6.45) is 6.74. The van der Waals surface area contributed by atoms with E-state index < -0.39 is 11.9 Å². The van der Waals surface area contributed by atoms with Crippen molar-refractivity contribution in [1.29, 1.82) is 0 Å². The molecule has 3 fully saturated rings. The third kappa shape index (κ3) is 2.43. The minimum Gasteiger partial charge on any atom is -0.481 e. The van der Waals surface area contributed by atoms with E-state index in [-0.39, 0.29) is 24.0 Å². The van der Waals surface area contributed by atoms with E-state index in [1.165, 1.54) is 6.42 Å². The highest BCUT2D eigenvalue weighted by atomic mass is 16.5. The lowest BCUT2D eigenvalue weighted by Gasteiger charge is -2.45. The number of morpholine rings is 1. The van der Waals surface area contributed by atoms with Gasteiger partial charge in [-0.05, 0) is 25.7 Å². The first-order valence-electron chi connectivity index (χ1n) is 7.83. The van der Waals surface area contributed by atoms with Crippen molar-refractivity contribution >= 4 is 11.9 Å². The molecule has 3 aliphatic rings.